The molecule has 0 aromatic carbocycles. The van der Waals surface area contributed by atoms with Gasteiger partial charge in [-0.3, -0.25) is 0 Å². The molecule has 8 heavy (non-hydrogen) atoms. The molecule has 0 aliphatic rings. The normalized spacial score (nSPS) is 14.9. The Kier molecular flexibility index (Phi) is 4.61. The molecule has 0 aromatic heterocycles. The maximum Gasteiger partial charge on any atom is 0.0982 e. The molecule has 2 heteroatoms. The van der Waals surface area contributed by atoms with Gasteiger partial charge in [-0.15, -0.1) is 0 Å². The number of ether oxygens (including phenoxy) is 1. The van der Waals surface area contributed by atoms with Gasteiger partial charge in [-0.05, 0) is 6.92 Å². The molecule has 0 bridgehead atoms. The molecule has 1 N–H and O–H groups in total. The zero-order valence-corrected chi connectivity index (χ0v) is 5.29. The Morgan fingerprint density at radius 3 is 2.50 bits per heavy atom. The average Bonchev–Trinajstić information content (AvgIpc) is 1.83. The molecular formula is C6H12O2. The molecule has 0 saturated carbocycles. The second-order valence-electron chi connectivity index (χ2n) is 1.48. The van der Waals surface area contributed by atoms with Crippen molar-refractivity contribution in [1.29, 1.82) is 0 Å². The SMILES string of the molecule is C/C=C/C(CO)OC. The Morgan fingerprint density at radius 1 is 1.75 bits per heavy atom. The molecule has 0 aromatic rings. The topological polar surface area (TPSA) is 29.5 Å². The predicted molar refractivity (Wildman–Crippen MR) is 32.7 cm³/mol. The number of allylic oxidation sites excluding steroid dienone is 1. The minimum atomic E-state index is -0.125. The zero-order valence-electron chi connectivity index (χ0n) is 5.29. The second-order valence-corrected chi connectivity index (χ2v) is 1.48. The van der Waals surface area contributed by atoms with Gasteiger partial charge in [0.1, 0.15) is 0 Å². The van der Waals surface area contributed by atoms with Crippen LogP contribution in [0, 0.1) is 0 Å². The summed E-state index contributed by atoms with van der Waals surface area (Å²) in [6.45, 7) is 1.95. The molecule has 0 saturated heterocycles. The summed E-state index contributed by atoms with van der Waals surface area (Å²) >= 11 is 0. The molecule has 0 amide bonds. The number of hydrogen-bond acceptors (Lipinski definition) is 2. The summed E-state index contributed by atoms with van der Waals surface area (Å²) in [7, 11) is 1.57. The van der Waals surface area contributed by atoms with Crippen molar-refractivity contribution in [3.63, 3.8) is 0 Å². The molecular weight excluding hydrogens is 104 g/mol. The summed E-state index contributed by atoms with van der Waals surface area (Å²) in [6, 6.07) is 0. The van der Waals surface area contributed by atoms with Crippen LogP contribution in [-0.2, 0) is 4.74 Å². The molecule has 1 unspecified atom stereocenters. The highest BCUT2D eigenvalue weighted by atomic mass is 16.5. The van der Waals surface area contributed by atoms with E-state index in [1.807, 2.05) is 13.0 Å². The second kappa shape index (κ2) is 4.81. The van der Waals surface area contributed by atoms with Gasteiger partial charge in [0, 0.05) is 7.11 Å². The van der Waals surface area contributed by atoms with Crippen LogP contribution in [0.2, 0.25) is 0 Å². The van der Waals surface area contributed by atoms with E-state index in [1.165, 1.54) is 0 Å². The highest BCUT2D eigenvalue weighted by Gasteiger charge is 1.95. The Hall–Kier alpha value is -0.340. The van der Waals surface area contributed by atoms with Gasteiger partial charge in [0.2, 0.25) is 0 Å². The first-order valence-electron chi connectivity index (χ1n) is 2.61. The van der Waals surface area contributed by atoms with E-state index in [9.17, 15) is 0 Å². The summed E-state index contributed by atoms with van der Waals surface area (Å²) < 4.78 is 4.80. The third-order valence-electron chi connectivity index (χ3n) is 0.890. The van der Waals surface area contributed by atoms with E-state index in [2.05, 4.69) is 0 Å². The number of methoxy groups -OCH3 is 1. The molecule has 0 aliphatic heterocycles. The highest BCUT2D eigenvalue weighted by molar-refractivity contribution is 4.85. The molecule has 0 heterocycles. The van der Waals surface area contributed by atoms with E-state index < -0.39 is 0 Å². The number of rotatable bonds is 3. The van der Waals surface area contributed by atoms with Gasteiger partial charge >= 0.3 is 0 Å². The first-order chi connectivity index (χ1) is 3.85. The third kappa shape index (κ3) is 2.77. The fourth-order valence-electron chi connectivity index (χ4n) is 0.429. The summed E-state index contributed by atoms with van der Waals surface area (Å²) in [6.07, 6.45) is 3.53. The van der Waals surface area contributed by atoms with Gasteiger partial charge in [0.05, 0.1) is 12.7 Å². The van der Waals surface area contributed by atoms with Crippen LogP contribution in [0.15, 0.2) is 12.2 Å². The van der Waals surface area contributed by atoms with Gasteiger partial charge in [-0.1, -0.05) is 12.2 Å². The number of aliphatic hydroxyl groups is 1. The Bertz CT molecular complexity index is 64.9. The molecule has 0 aliphatic carbocycles. The summed E-state index contributed by atoms with van der Waals surface area (Å²) in [5, 5.41) is 8.48. The van der Waals surface area contributed by atoms with E-state index >= 15 is 0 Å². The van der Waals surface area contributed by atoms with Crippen LogP contribution in [0.5, 0.6) is 0 Å². The average molecular weight is 116 g/mol. The Balaban J connectivity index is 3.36. The van der Waals surface area contributed by atoms with Crippen molar-refractivity contribution in [3.8, 4) is 0 Å². The lowest BCUT2D eigenvalue weighted by Crippen LogP contribution is -2.11. The van der Waals surface area contributed by atoms with E-state index in [1.54, 1.807) is 13.2 Å². The van der Waals surface area contributed by atoms with E-state index in [-0.39, 0.29) is 12.7 Å². The lowest BCUT2D eigenvalue weighted by Gasteiger charge is -2.03. The van der Waals surface area contributed by atoms with Crippen molar-refractivity contribution in [1.82, 2.24) is 0 Å². The zero-order chi connectivity index (χ0) is 6.41. The van der Waals surface area contributed by atoms with Crippen LogP contribution >= 0.6 is 0 Å². The van der Waals surface area contributed by atoms with Crippen molar-refractivity contribution in [2.75, 3.05) is 13.7 Å². The molecule has 0 radical (unpaired) electrons. The summed E-state index contributed by atoms with van der Waals surface area (Å²) in [4.78, 5) is 0. The van der Waals surface area contributed by atoms with Crippen LogP contribution in [0.3, 0.4) is 0 Å². The van der Waals surface area contributed by atoms with Crippen LogP contribution in [0.1, 0.15) is 6.92 Å². The van der Waals surface area contributed by atoms with E-state index in [0.717, 1.165) is 0 Å². The molecule has 48 valence electrons. The quantitative estimate of drug-likeness (QED) is 0.546. The minimum absolute atomic E-state index is 0.0564. The fraction of sp³-hybridized carbons (Fsp3) is 0.667. The standard InChI is InChI=1S/C6H12O2/c1-3-4-6(5-7)8-2/h3-4,6-7H,5H2,1-2H3/b4-3+. The van der Waals surface area contributed by atoms with E-state index in [4.69, 9.17) is 9.84 Å². The lowest BCUT2D eigenvalue weighted by atomic mass is 10.3. The van der Waals surface area contributed by atoms with Crippen LogP contribution < -0.4 is 0 Å². The summed E-state index contributed by atoms with van der Waals surface area (Å²) in [5.74, 6) is 0. The van der Waals surface area contributed by atoms with Gasteiger partial charge in [0.25, 0.3) is 0 Å². The monoisotopic (exact) mass is 116 g/mol. The lowest BCUT2D eigenvalue weighted by molar-refractivity contribution is 0.0819. The van der Waals surface area contributed by atoms with Crippen molar-refractivity contribution in [3.05, 3.63) is 12.2 Å². The molecule has 0 fully saturated rings. The largest absolute Gasteiger partial charge is 0.393 e. The van der Waals surface area contributed by atoms with Crippen LogP contribution in [0.4, 0.5) is 0 Å². The Labute approximate surface area is 49.8 Å². The minimum Gasteiger partial charge on any atom is -0.393 e. The predicted octanol–water partition coefficient (Wildman–Crippen LogP) is 0.570. The van der Waals surface area contributed by atoms with Gasteiger partial charge < -0.3 is 9.84 Å². The number of hydrogen-bond donors (Lipinski definition) is 1. The summed E-state index contributed by atoms with van der Waals surface area (Å²) in [5.41, 5.74) is 0. The smallest absolute Gasteiger partial charge is 0.0982 e. The first kappa shape index (κ1) is 7.66. The molecule has 0 spiro atoms. The maximum absolute atomic E-state index is 8.48. The maximum atomic E-state index is 8.48. The molecule has 0 rings (SSSR count). The van der Waals surface area contributed by atoms with Gasteiger partial charge in [0.15, 0.2) is 0 Å². The van der Waals surface area contributed by atoms with Gasteiger partial charge in [-0.25, -0.2) is 0 Å². The van der Waals surface area contributed by atoms with Gasteiger partial charge in [-0.2, -0.15) is 0 Å². The van der Waals surface area contributed by atoms with Crippen molar-refractivity contribution >= 4 is 0 Å². The van der Waals surface area contributed by atoms with Crippen molar-refractivity contribution in [2.45, 2.75) is 13.0 Å². The van der Waals surface area contributed by atoms with E-state index in [0.29, 0.717) is 0 Å². The van der Waals surface area contributed by atoms with Crippen LogP contribution in [-0.4, -0.2) is 24.9 Å². The Morgan fingerprint density at radius 2 is 2.38 bits per heavy atom. The first-order valence-corrected chi connectivity index (χ1v) is 2.61. The van der Waals surface area contributed by atoms with Crippen molar-refractivity contribution < 1.29 is 9.84 Å². The fourth-order valence-corrected chi connectivity index (χ4v) is 0.429. The van der Waals surface area contributed by atoms with Crippen LogP contribution in [0.25, 0.3) is 0 Å². The molecule has 1 atom stereocenters. The third-order valence-corrected chi connectivity index (χ3v) is 0.890. The molecule has 2 nitrogen and oxygen atoms in total. The highest BCUT2D eigenvalue weighted by Crippen LogP contribution is 1.88. The number of aliphatic hydroxyl groups excluding tert-OH is 1. The van der Waals surface area contributed by atoms with Crippen molar-refractivity contribution in [2.24, 2.45) is 0 Å².